The first-order valence-electron chi connectivity index (χ1n) is 6.42. The summed E-state index contributed by atoms with van der Waals surface area (Å²) in [6.45, 7) is 0.359. The molecule has 1 aromatic carbocycles. The van der Waals surface area contributed by atoms with Gasteiger partial charge in [-0.15, -0.1) is 0 Å². The fourth-order valence-corrected chi connectivity index (χ4v) is 3.39. The second-order valence-corrected chi connectivity index (χ2v) is 5.80. The van der Waals surface area contributed by atoms with E-state index in [-0.39, 0.29) is 5.60 Å². The number of hydrogen-bond acceptors (Lipinski definition) is 4. The van der Waals surface area contributed by atoms with E-state index in [0.29, 0.717) is 12.2 Å². The molecule has 0 spiro atoms. The summed E-state index contributed by atoms with van der Waals surface area (Å²) in [4.78, 5) is 23.5. The minimum absolute atomic E-state index is 0.340. The third-order valence-corrected chi connectivity index (χ3v) is 4.53. The monoisotopic (exact) mass is 294 g/mol. The number of carbonyl (C=O) groups is 2. The first-order valence-corrected chi connectivity index (χ1v) is 7.58. The Morgan fingerprint density at radius 2 is 2.05 bits per heavy atom. The van der Waals surface area contributed by atoms with Gasteiger partial charge in [0.15, 0.2) is 0 Å². The average Bonchev–Trinajstić information content (AvgIpc) is 2.95. The van der Waals surface area contributed by atoms with Crippen molar-refractivity contribution >= 4 is 29.3 Å². The Kier molecular flexibility index (Phi) is 5.03. The van der Waals surface area contributed by atoms with Crippen LogP contribution in [0.15, 0.2) is 30.3 Å². The Labute approximate surface area is 122 Å². The van der Waals surface area contributed by atoms with Crippen LogP contribution >= 0.6 is 11.8 Å². The molecule has 2 N–H and O–H groups in total. The molecule has 6 heteroatoms. The van der Waals surface area contributed by atoms with E-state index >= 15 is 0 Å². The smallest absolute Gasteiger partial charge is 0.313 e. The molecule has 0 aliphatic carbocycles. The number of anilines is 1. The largest absolute Gasteiger partial charge is 0.376 e. The standard InChI is InChI=1S/C14H18N2O3S/c1-19-14(7-8-20-10-14)9-15-12(17)13(18)16-11-5-3-2-4-6-11/h2-6H,7-10H2,1H3,(H,15,17)(H,16,18)/t14-/m0/s1. The molecule has 0 radical (unpaired) electrons. The van der Waals surface area contributed by atoms with Crippen molar-refractivity contribution in [1.82, 2.24) is 5.32 Å². The number of thioether (sulfide) groups is 1. The van der Waals surface area contributed by atoms with E-state index in [9.17, 15) is 9.59 Å². The summed E-state index contributed by atoms with van der Waals surface area (Å²) in [7, 11) is 1.64. The van der Waals surface area contributed by atoms with Crippen molar-refractivity contribution in [2.24, 2.45) is 0 Å². The van der Waals surface area contributed by atoms with Crippen molar-refractivity contribution in [2.45, 2.75) is 12.0 Å². The van der Waals surface area contributed by atoms with Crippen LogP contribution in [0, 0.1) is 0 Å². The zero-order valence-corrected chi connectivity index (χ0v) is 12.2. The summed E-state index contributed by atoms with van der Waals surface area (Å²) in [5, 5.41) is 5.20. The van der Waals surface area contributed by atoms with Gasteiger partial charge in [0, 0.05) is 25.1 Å². The van der Waals surface area contributed by atoms with Gasteiger partial charge >= 0.3 is 11.8 Å². The Morgan fingerprint density at radius 1 is 1.30 bits per heavy atom. The number of carbonyl (C=O) groups excluding carboxylic acids is 2. The van der Waals surface area contributed by atoms with Gasteiger partial charge in [-0.25, -0.2) is 0 Å². The molecule has 1 heterocycles. The fourth-order valence-electron chi connectivity index (χ4n) is 1.99. The molecule has 1 aliphatic rings. The summed E-state index contributed by atoms with van der Waals surface area (Å²) in [5.41, 5.74) is 0.262. The van der Waals surface area contributed by atoms with Crippen LogP contribution in [-0.4, -0.2) is 42.6 Å². The van der Waals surface area contributed by atoms with Crippen molar-refractivity contribution in [3.63, 3.8) is 0 Å². The van der Waals surface area contributed by atoms with Crippen molar-refractivity contribution in [3.8, 4) is 0 Å². The number of benzene rings is 1. The predicted octanol–water partition coefficient (Wildman–Crippen LogP) is 1.26. The van der Waals surface area contributed by atoms with E-state index in [4.69, 9.17) is 4.74 Å². The van der Waals surface area contributed by atoms with E-state index in [1.54, 1.807) is 43.1 Å². The zero-order valence-electron chi connectivity index (χ0n) is 11.3. The topological polar surface area (TPSA) is 67.4 Å². The molecular weight excluding hydrogens is 276 g/mol. The lowest BCUT2D eigenvalue weighted by Crippen LogP contribution is -2.47. The highest BCUT2D eigenvalue weighted by Gasteiger charge is 2.35. The lowest BCUT2D eigenvalue weighted by atomic mass is 10.0. The van der Waals surface area contributed by atoms with Crippen LogP contribution in [0.2, 0.25) is 0 Å². The third kappa shape index (κ3) is 3.74. The highest BCUT2D eigenvalue weighted by molar-refractivity contribution is 7.99. The minimum atomic E-state index is -0.659. The van der Waals surface area contributed by atoms with Gasteiger partial charge in [-0.3, -0.25) is 9.59 Å². The molecule has 108 valence electrons. The van der Waals surface area contributed by atoms with Gasteiger partial charge in [-0.2, -0.15) is 11.8 Å². The lowest BCUT2D eigenvalue weighted by molar-refractivity contribution is -0.136. The maximum Gasteiger partial charge on any atom is 0.313 e. The fraction of sp³-hybridized carbons (Fsp3) is 0.429. The van der Waals surface area contributed by atoms with Crippen LogP contribution in [0.1, 0.15) is 6.42 Å². The van der Waals surface area contributed by atoms with Crippen molar-refractivity contribution < 1.29 is 14.3 Å². The molecule has 2 amide bonds. The van der Waals surface area contributed by atoms with Gasteiger partial charge in [0.25, 0.3) is 0 Å². The second kappa shape index (κ2) is 6.76. The van der Waals surface area contributed by atoms with Gasteiger partial charge in [-0.1, -0.05) is 18.2 Å². The normalized spacial score (nSPS) is 21.4. The molecule has 0 aromatic heterocycles. The highest BCUT2D eigenvalue weighted by atomic mass is 32.2. The van der Waals surface area contributed by atoms with Crippen molar-refractivity contribution in [1.29, 1.82) is 0 Å². The van der Waals surface area contributed by atoms with Crippen molar-refractivity contribution in [3.05, 3.63) is 30.3 Å². The number of hydrogen-bond donors (Lipinski definition) is 2. The summed E-state index contributed by atoms with van der Waals surface area (Å²) in [6.07, 6.45) is 0.884. The molecule has 1 aromatic rings. The second-order valence-electron chi connectivity index (χ2n) is 4.69. The van der Waals surface area contributed by atoms with Gasteiger partial charge in [0.2, 0.25) is 0 Å². The summed E-state index contributed by atoms with van der Waals surface area (Å²) < 4.78 is 5.48. The first-order chi connectivity index (χ1) is 9.65. The molecule has 0 unspecified atom stereocenters. The van der Waals surface area contributed by atoms with Crippen LogP contribution in [0.3, 0.4) is 0 Å². The van der Waals surface area contributed by atoms with E-state index in [1.165, 1.54) is 0 Å². The van der Waals surface area contributed by atoms with Gasteiger partial charge in [-0.05, 0) is 24.3 Å². The number of methoxy groups -OCH3 is 1. The van der Waals surface area contributed by atoms with E-state index in [1.807, 2.05) is 6.07 Å². The predicted molar refractivity (Wildman–Crippen MR) is 79.8 cm³/mol. The quantitative estimate of drug-likeness (QED) is 0.821. The molecule has 1 fully saturated rings. The van der Waals surface area contributed by atoms with E-state index in [0.717, 1.165) is 17.9 Å². The number of amides is 2. The molecule has 0 bridgehead atoms. The molecular formula is C14H18N2O3S. The zero-order chi connectivity index (χ0) is 14.4. The van der Waals surface area contributed by atoms with Crippen LogP contribution in [0.4, 0.5) is 5.69 Å². The molecule has 1 atom stereocenters. The number of nitrogens with one attached hydrogen (secondary N) is 2. The highest BCUT2D eigenvalue weighted by Crippen LogP contribution is 2.30. The number of rotatable bonds is 4. The Hall–Kier alpha value is -1.53. The molecule has 1 saturated heterocycles. The minimum Gasteiger partial charge on any atom is -0.376 e. The molecule has 2 rings (SSSR count). The maximum atomic E-state index is 11.8. The summed E-state index contributed by atoms with van der Waals surface area (Å²) >= 11 is 1.79. The Balaban J connectivity index is 1.84. The van der Waals surface area contributed by atoms with E-state index < -0.39 is 11.8 Å². The SMILES string of the molecule is CO[C@]1(CNC(=O)C(=O)Nc2ccccc2)CCSC1. The van der Waals surface area contributed by atoms with Crippen molar-refractivity contribution in [2.75, 3.05) is 30.5 Å². The molecule has 5 nitrogen and oxygen atoms in total. The summed E-state index contributed by atoms with van der Waals surface area (Å²) in [5.74, 6) is 0.555. The maximum absolute atomic E-state index is 11.8. The van der Waals surface area contributed by atoms with Crippen LogP contribution < -0.4 is 10.6 Å². The average molecular weight is 294 g/mol. The van der Waals surface area contributed by atoms with Gasteiger partial charge < -0.3 is 15.4 Å². The number of para-hydroxylation sites is 1. The van der Waals surface area contributed by atoms with Crippen LogP contribution in [0.5, 0.6) is 0 Å². The van der Waals surface area contributed by atoms with Gasteiger partial charge in [0.1, 0.15) is 0 Å². The lowest BCUT2D eigenvalue weighted by Gasteiger charge is -2.26. The molecule has 20 heavy (non-hydrogen) atoms. The van der Waals surface area contributed by atoms with Crippen LogP contribution in [0.25, 0.3) is 0 Å². The molecule has 0 saturated carbocycles. The van der Waals surface area contributed by atoms with Crippen LogP contribution in [-0.2, 0) is 14.3 Å². The third-order valence-electron chi connectivity index (χ3n) is 3.31. The Bertz CT molecular complexity index is 473. The molecule has 1 aliphatic heterocycles. The first kappa shape index (κ1) is 14.9. The van der Waals surface area contributed by atoms with Gasteiger partial charge in [0.05, 0.1) is 5.60 Å². The van der Waals surface area contributed by atoms with E-state index in [2.05, 4.69) is 10.6 Å². The summed E-state index contributed by atoms with van der Waals surface area (Å²) in [6, 6.07) is 8.90. The Morgan fingerprint density at radius 3 is 2.65 bits per heavy atom. The number of ether oxygens (including phenoxy) is 1.